The number of sulfonamides is 1. The third-order valence-corrected chi connectivity index (χ3v) is 8.10. The molecule has 0 bridgehead atoms. The number of rotatable bonds is 6. The van der Waals surface area contributed by atoms with Gasteiger partial charge in [-0.3, -0.25) is 4.79 Å². The Balaban J connectivity index is 0.000000572. The number of benzene rings is 1. The maximum absolute atomic E-state index is 13.7. The highest BCUT2D eigenvalue weighted by Gasteiger charge is 2.38. The molecule has 2 aliphatic rings. The molecule has 0 spiro atoms. The summed E-state index contributed by atoms with van der Waals surface area (Å²) in [6.45, 7) is 2.49. The van der Waals surface area contributed by atoms with Crippen LogP contribution in [-0.4, -0.2) is 86.7 Å². The largest absolute Gasteiger partial charge is 0.495 e. The number of nitrogens with zero attached hydrogens (tertiary/aromatic N) is 2. The molecule has 1 aliphatic heterocycles. The molecule has 1 saturated carbocycles. The number of ether oxygens (including phenoxy) is 1. The molecule has 3 rings (SSSR count). The monoisotopic (exact) mass is 557 g/mol. The van der Waals surface area contributed by atoms with Crippen molar-refractivity contribution in [3.8, 4) is 5.75 Å². The van der Waals surface area contributed by atoms with E-state index in [0.29, 0.717) is 18.1 Å². The van der Waals surface area contributed by atoms with Crippen LogP contribution < -0.4 is 10.1 Å². The first-order valence-electron chi connectivity index (χ1n) is 11.5. The standard InChI is InChI=1S/C20H30ClN3O4S.C2HF3O2/c1-28-18-9-8-16(21)14-19(18)29(26,27)24(17-6-4-2-3-5-7-17)15-20(25)23-12-10-22-11-13-23;3-2(4,5)1(6)7/h8-9,14,17,22H,2-7,10-13,15H2,1H3;(H,6,7). The van der Waals surface area contributed by atoms with Gasteiger partial charge < -0.3 is 20.1 Å². The summed E-state index contributed by atoms with van der Waals surface area (Å²) in [7, 11) is -2.52. The number of hydrogen-bond donors (Lipinski definition) is 2. The Morgan fingerprint density at radius 3 is 2.22 bits per heavy atom. The van der Waals surface area contributed by atoms with Crippen molar-refractivity contribution in [1.82, 2.24) is 14.5 Å². The number of carbonyl (C=O) groups excluding carboxylic acids is 1. The second kappa shape index (κ2) is 13.5. The van der Waals surface area contributed by atoms with Crippen molar-refractivity contribution in [2.45, 2.75) is 55.6 Å². The summed E-state index contributed by atoms with van der Waals surface area (Å²) in [6, 6.07) is 4.37. The van der Waals surface area contributed by atoms with Gasteiger partial charge in [0.05, 0.1) is 13.7 Å². The summed E-state index contributed by atoms with van der Waals surface area (Å²) in [6.07, 6.45) is 0.553. The van der Waals surface area contributed by atoms with Crippen molar-refractivity contribution < 1.29 is 41.0 Å². The van der Waals surface area contributed by atoms with Crippen molar-refractivity contribution in [3.05, 3.63) is 23.2 Å². The van der Waals surface area contributed by atoms with Crippen LogP contribution in [0.3, 0.4) is 0 Å². The molecule has 1 heterocycles. The summed E-state index contributed by atoms with van der Waals surface area (Å²) in [4.78, 5) is 23.6. The van der Waals surface area contributed by atoms with E-state index in [1.807, 2.05) is 0 Å². The number of aliphatic carboxylic acids is 1. The Hall–Kier alpha value is -2.09. The minimum absolute atomic E-state index is 0.0184. The maximum Gasteiger partial charge on any atom is 0.490 e. The normalized spacial score (nSPS) is 17.7. The predicted molar refractivity (Wildman–Crippen MR) is 127 cm³/mol. The van der Waals surface area contributed by atoms with Gasteiger partial charge in [0.25, 0.3) is 0 Å². The number of piperazine rings is 1. The van der Waals surface area contributed by atoms with Crippen LogP contribution in [0.25, 0.3) is 0 Å². The van der Waals surface area contributed by atoms with Crippen molar-refractivity contribution in [1.29, 1.82) is 0 Å². The number of alkyl halides is 3. The highest BCUT2D eigenvalue weighted by molar-refractivity contribution is 7.89. The molecule has 204 valence electrons. The van der Waals surface area contributed by atoms with Gasteiger partial charge >= 0.3 is 12.1 Å². The van der Waals surface area contributed by atoms with Crippen LogP contribution in [0.4, 0.5) is 13.2 Å². The molecule has 2 N–H and O–H groups in total. The maximum atomic E-state index is 13.7. The SMILES string of the molecule is COc1ccc(Cl)cc1S(=O)(=O)N(CC(=O)N1CCNCC1)C1CCCCCC1.O=C(O)C(F)(F)F. The van der Waals surface area contributed by atoms with Crippen molar-refractivity contribution in [3.63, 3.8) is 0 Å². The third-order valence-electron chi connectivity index (χ3n) is 5.95. The number of carboxylic acids is 1. The van der Waals surface area contributed by atoms with E-state index in [4.69, 9.17) is 26.2 Å². The van der Waals surface area contributed by atoms with Crippen molar-refractivity contribution in [2.75, 3.05) is 39.8 Å². The molecule has 0 aromatic heterocycles. The Kier molecular flexibility index (Phi) is 11.3. The molecule has 1 aliphatic carbocycles. The number of nitrogens with one attached hydrogen (secondary N) is 1. The van der Waals surface area contributed by atoms with Crippen LogP contribution >= 0.6 is 11.6 Å². The molecule has 36 heavy (non-hydrogen) atoms. The van der Waals surface area contributed by atoms with Gasteiger partial charge in [-0.2, -0.15) is 17.5 Å². The lowest BCUT2D eigenvalue weighted by Gasteiger charge is -2.34. The lowest BCUT2D eigenvalue weighted by molar-refractivity contribution is -0.192. The van der Waals surface area contributed by atoms with Gasteiger partial charge in [-0.05, 0) is 31.0 Å². The molecule has 9 nitrogen and oxygen atoms in total. The summed E-state index contributed by atoms with van der Waals surface area (Å²) >= 11 is 6.10. The lowest BCUT2D eigenvalue weighted by Crippen LogP contribution is -2.52. The Morgan fingerprint density at radius 2 is 1.72 bits per heavy atom. The summed E-state index contributed by atoms with van der Waals surface area (Å²) in [5, 5.41) is 10.7. The highest BCUT2D eigenvalue weighted by Crippen LogP contribution is 2.33. The Labute approximate surface area is 213 Å². The Bertz CT molecular complexity index is 995. The van der Waals surface area contributed by atoms with Crippen molar-refractivity contribution in [2.24, 2.45) is 0 Å². The first-order chi connectivity index (χ1) is 16.9. The number of carboxylic acid groups (broad SMARTS) is 1. The number of methoxy groups -OCH3 is 1. The van der Waals surface area contributed by atoms with E-state index < -0.39 is 22.2 Å². The molecule has 1 aromatic rings. The van der Waals surface area contributed by atoms with Crippen LogP contribution in [0.1, 0.15) is 38.5 Å². The second-order valence-electron chi connectivity index (χ2n) is 8.42. The molecule has 0 unspecified atom stereocenters. The molecule has 1 amide bonds. The summed E-state index contributed by atoms with van der Waals surface area (Å²) in [5.41, 5.74) is 0. The fourth-order valence-electron chi connectivity index (χ4n) is 4.08. The summed E-state index contributed by atoms with van der Waals surface area (Å²) in [5.74, 6) is -2.67. The molecular weight excluding hydrogens is 527 g/mol. The van der Waals surface area contributed by atoms with Crippen LogP contribution in [0.2, 0.25) is 5.02 Å². The molecule has 0 radical (unpaired) electrons. The summed E-state index contributed by atoms with van der Waals surface area (Å²) < 4.78 is 65.8. The lowest BCUT2D eigenvalue weighted by atomic mass is 10.1. The van der Waals surface area contributed by atoms with Gasteiger partial charge in [-0.15, -0.1) is 0 Å². The van der Waals surface area contributed by atoms with Crippen LogP contribution in [0.5, 0.6) is 5.75 Å². The van der Waals surface area contributed by atoms with Gasteiger partial charge in [-0.1, -0.05) is 37.3 Å². The molecule has 1 saturated heterocycles. The van der Waals surface area contributed by atoms with E-state index in [2.05, 4.69) is 5.32 Å². The van der Waals surface area contributed by atoms with Gasteiger partial charge in [0.15, 0.2) is 0 Å². The molecule has 0 atom stereocenters. The van der Waals surface area contributed by atoms with E-state index in [1.54, 1.807) is 17.0 Å². The average Bonchev–Trinajstić information content (AvgIpc) is 3.12. The van der Waals surface area contributed by atoms with Gasteiger partial charge in [0, 0.05) is 37.2 Å². The highest BCUT2D eigenvalue weighted by atomic mass is 35.5. The number of carbonyl (C=O) groups is 2. The number of amides is 1. The zero-order chi connectivity index (χ0) is 26.9. The van der Waals surface area contributed by atoms with E-state index >= 15 is 0 Å². The van der Waals surface area contributed by atoms with E-state index in [9.17, 15) is 26.4 Å². The molecule has 2 fully saturated rings. The van der Waals surface area contributed by atoms with E-state index in [0.717, 1.165) is 51.6 Å². The first-order valence-corrected chi connectivity index (χ1v) is 13.3. The molecular formula is C22H31ClF3N3O6S. The van der Waals surface area contributed by atoms with Crippen LogP contribution in [0.15, 0.2) is 23.1 Å². The van der Waals surface area contributed by atoms with Crippen LogP contribution in [-0.2, 0) is 19.6 Å². The smallest absolute Gasteiger partial charge is 0.490 e. The van der Waals surface area contributed by atoms with Gasteiger partial charge in [0.1, 0.15) is 10.6 Å². The first kappa shape index (κ1) is 30.1. The van der Waals surface area contributed by atoms with Gasteiger partial charge in [0.2, 0.25) is 15.9 Å². The minimum Gasteiger partial charge on any atom is -0.495 e. The quantitative estimate of drug-likeness (QED) is 0.516. The topological polar surface area (TPSA) is 116 Å². The van der Waals surface area contributed by atoms with E-state index in [-0.39, 0.29) is 29.1 Å². The average molecular weight is 558 g/mol. The number of hydrogen-bond acceptors (Lipinski definition) is 6. The van der Waals surface area contributed by atoms with Gasteiger partial charge in [-0.25, -0.2) is 13.2 Å². The Morgan fingerprint density at radius 1 is 1.17 bits per heavy atom. The number of halogens is 4. The van der Waals surface area contributed by atoms with Crippen molar-refractivity contribution >= 4 is 33.5 Å². The second-order valence-corrected chi connectivity index (χ2v) is 10.7. The predicted octanol–water partition coefficient (Wildman–Crippen LogP) is 3.13. The third kappa shape index (κ3) is 8.49. The van der Waals surface area contributed by atoms with E-state index in [1.165, 1.54) is 17.5 Å². The zero-order valence-corrected chi connectivity index (χ0v) is 21.5. The fraction of sp³-hybridized carbons (Fsp3) is 0.636. The zero-order valence-electron chi connectivity index (χ0n) is 19.9. The fourth-order valence-corrected chi connectivity index (χ4v) is 6.14. The minimum atomic E-state index is -5.08. The molecule has 1 aromatic carbocycles. The molecule has 14 heteroatoms. The van der Waals surface area contributed by atoms with Crippen LogP contribution in [0, 0.1) is 0 Å².